The van der Waals surface area contributed by atoms with Gasteiger partial charge < -0.3 is 5.32 Å². The fourth-order valence-corrected chi connectivity index (χ4v) is 3.64. The van der Waals surface area contributed by atoms with Crippen LogP contribution in [-0.4, -0.2) is 32.9 Å². The van der Waals surface area contributed by atoms with Crippen molar-refractivity contribution in [2.24, 2.45) is 0 Å². The minimum atomic E-state index is -3.86. The summed E-state index contributed by atoms with van der Waals surface area (Å²) >= 11 is 5.95. The highest BCUT2D eigenvalue weighted by atomic mass is 35.5. The van der Waals surface area contributed by atoms with Crippen molar-refractivity contribution < 1.29 is 12.8 Å². The first-order valence-electron chi connectivity index (χ1n) is 6.99. The standard InChI is InChI=1S/C14H22ClFN2O2S/c1-4-6-17-10-11-8-12(15)9-13(14(11)16)21(19,20)18(3)7-5-2/h8-9,17H,4-7,10H2,1-3H3. The summed E-state index contributed by atoms with van der Waals surface area (Å²) in [4.78, 5) is -0.362. The summed E-state index contributed by atoms with van der Waals surface area (Å²) in [7, 11) is -2.42. The van der Waals surface area contributed by atoms with E-state index in [0.717, 1.165) is 17.3 Å². The molecule has 0 spiro atoms. The zero-order valence-corrected chi connectivity index (χ0v) is 14.2. The second kappa shape index (κ2) is 8.08. The molecule has 0 aliphatic rings. The number of nitrogens with one attached hydrogen (secondary N) is 1. The Labute approximate surface area is 131 Å². The van der Waals surface area contributed by atoms with Gasteiger partial charge in [0.1, 0.15) is 10.7 Å². The Morgan fingerprint density at radius 2 is 1.95 bits per heavy atom. The van der Waals surface area contributed by atoms with Gasteiger partial charge in [0.2, 0.25) is 10.0 Å². The smallest absolute Gasteiger partial charge is 0.245 e. The lowest BCUT2D eigenvalue weighted by atomic mass is 10.2. The molecule has 0 unspecified atom stereocenters. The predicted molar refractivity (Wildman–Crippen MR) is 83.5 cm³/mol. The number of benzene rings is 1. The van der Waals surface area contributed by atoms with Gasteiger partial charge in [0.05, 0.1) is 0 Å². The van der Waals surface area contributed by atoms with E-state index in [1.165, 1.54) is 19.2 Å². The van der Waals surface area contributed by atoms with Gasteiger partial charge in [-0.05, 0) is 31.5 Å². The van der Waals surface area contributed by atoms with E-state index in [4.69, 9.17) is 11.6 Å². The summed E-state index contributed by atoms with van der Waals surface area (Å²) in [6.45, 7) is 5.17. The lowest BCUT2D eigenvalue weighted by Gasteiger charge is -2.18. The van der Waals surface area contributed by atoms with E-state index in [2.05, 4.69) is 5.32 Å². The normalized spacial score (nSPS) is 12.1. The molecule has 1 N–H and O–H groups in total. The fraction of sp³-hybridized carbons (Fsp3) is 0.571. The van der Waals surface area contributed by atoms with Crippen LogP contribution in [0, 0.1) is 5.82 Å². The van der Waals surface area contributed by atoms with Crippen LogP contribution in [0.5, 0.6) is 0 Å². The van der Waals surface area contributed by atoms with Gasteiger partial charge in [0.25, 0.3) is 0 Å². The van der Waals surface area contributed by atoms with E-state index < -0.39 is 15.8 Å². The molecule has 1 rings (SSSR count). The third-order valence-corrected chi connectivity index (χ3v) is 5.12. The molecule has 0 fully saturated rings. The van der Waals surface area contributed by atoms with Crippen LogP contribution in [0.4, 0.5) is 4.39 Å². The van der Waals surface area contributed by atoms with Crippen molar-refractivity contribution in [3.8, 4) is 0 Å². The molecule has 0 heterocycles. The molecule has 7 heteroatoms. The lowest BCUT2D eigenvalue weighted by molar-refractivity contribution is 0.460. The summed E-state index contributed by atoms with van der Waals surface area (Å²) in [5.41, 5.74) is 0.263. The number of hydrogen-bond acceptors (Lipinski definition) is 3. The number of nitrogens with zero attached hydrogens (tertiary/aromatic N) is 1. The van der Waals surface area contributed by atoms with E-state index >= 15 is 0 Å². The second-order valence-electron chi connectivity index (χ2n) is 4.88. The minimum Gasteiger partial charge on any atom is -0.313 e. The average Bonchev–Trinajstić information content (AvgIpc) is 2.42. The van der Waals surface area contributed by atoms with Gasteiger partial charge in [0.15, 0.2) is 0 Å². The van der Waals surface area contributed by atoms with Gasteiger partial charge in [-0.25, -0.2) is 17.1 Å². The Morgan fingerprint density at radius 3 is 2.52 bits per heavy atom. The monoisotopic (exact) mass is 336 g/mol. The molecule has 0 radical (unpaired) electrons. The van der Waals surface area contributed by atoms with Crippen LogP contribution in [0.1, 0.15) is 32.3 Å². The molecular weight excluding hydrogens is 315 g/mol. The summed E-state index contributed by atoms with van der Waals surface area (Å²) in [6.07, 6.45) is 1.56. The molecular formula is C14H22ClFN2O2S. The fourth-order valence-electron chi connectivity index (χ4n) is 1.94. The van der Waals surface area contributed by atoms with E-state index in [1.807, 2.05) is 13.8 Å². The summed E-state index contributed by atoms with van der Waals surface area (Å²) in [6, 6.07) is 2.63. The Morgan fingerprint density at radius 1 is 1.29 bits per heavy atom. The number of rotatable bonds is 8. The van der Waals surface area contributed by atoms with Crippen LogP contribution < -0.4 is 5.32 Å². The Bertz CT molecular complexity index is 579. The van der Waals surface area contributed by atoms with Crippen molar-refractivity contribution >= 4 is 21.6 Å². The molecule has 0 bridgehead atoms. The summed E-state index contributed by atoms with van der Waals surface area (Å²) in [5.74, 6) is -0.731. The zero-order chi connectivity index (χ0) is 16.0. The van der Waals surface area contributed by atoms with Gasteiger partial charge in [-0.1, -0.05) is 25.4 Å². The van der Waals surface area contributed by atoms with Crippen molar-refractivity contribution in [2.45, 2.75) is 38.1 Å². The van der Waals surface area contributed by atoms with E-state index in [9.17, 15) is 12.8 Å². The molecule has 120 valence electrons. The molecule has 0 saturated heterocycles. The largest absolute Gasteiger partial charge is 0.313 e. The third kappa shape index (κ3) is 4.64. The predicted octanol–water partition coefficient (Wildman–Crippen LogP) is 3.01. The maximum Gasteiger partial charge on any atom is 0.245 e. The molecule has 0 amide bonds. The van der Waals surface area contributed by atoms with Crippen molar-refractivity contribution in [1.82, 2.24) is 9.62 Å². The molecule has 1 aromatic carbocycles. The van der Waals surface area contributed by atoms with Crippen LogP contribution in [0.25, 0.3) is 0 Å². The minimum absolute atomic E-state index is 0.216. The number of hydrogen-bond donors (Lipinski definition) is 1. The van der Waals surface area contributed by atoms with Crippen molar-refractivity contribution in [3.63, 3.8) is 0 Å². The molecule has 0 aromatic heterocycles. The van der Waals surface area contributed by atoms with Gasteiger partial charge >= 0.3 is 0 Å². The lowest BCUT2D eigenvalue weighted by Crippen LogP contribution is -2.29. The second-order valence-corrected chi connectivity index (χ2v) is 7.33. The number of halogens is 2. The van der Waals surface area contributed by atoms with Gasteiger partial charge in [-0.2, -0.15) is 0 Å². The third-order valence-electron chi connectivity index (χ3n) is 3.05. The van der Waals surface area contributed by atoms with Crippen LogP contribution in [0.2, 0.25) is 5.02 Å². The Balaban J connectivity index is 3.18. The molecule has 21 heavy (non-hydrogen) atoms. The van der Waals surface area contributed by atoms with E-state index in [0.29, 0.717) is 13.0 Å². The summed E-state index contributed by atoms with van der Waals surface area (Å²) in [5, 5.41) is 3.26. The first-order valence-corrected chi connectivity index (χ1v) is 8.81. The SMILES string of the molecule is CCCNCc1cc(Cl)cc(S(=O)(=O)N(C)CCC)c1F. The highest BCUT2D eigenvalue weighted by molar-refractivity contribution is 7.89. The maximum absolute atomic E-state index is 14.5. The highest BCUT2D eigenvalue weighted by Gasteiger charge is 2.26. The molecule has 4 nitrogen and oxygen atoms in total. The number of sulfonamides is 1. The van der Waals surface area contributed by atoms with Crippen LogP contribution >= 0.6 is 11.6 Å². The zero-order valence-electron chi connectivity index (χ0n) is 12.6. The van der Waals surface area contributed by atoms with Gasteiger partial charge in [0, 0.05) is 30.7 Å². The maximum atomic E-state index is 14.5. The molecule has 1 aromatic rings. The molecule has 0 aliphatic heterocycles. The Kier molecular flexibility index (Phi) is 7.06. The van der Waals surface area contributed by atoms with Crippen molar-refractivity contribution in [1.29, 1.82) is 0 Å². The van der Waals surface area contributed by atoms with Crippen molar-refractivity contribution in [3.05, 3.63) is 28.5 Å². The topological polar surface area (TPSA) is 49.4 Å². The highest BCUT2D eigenvalue weighted by Crippen LogP contribution is 2.26. The molecule has 0 saturated carbocycles. The Hall–Kier alpha value is -0.690. The van der Waals surface area contributed by atoms with Crippen molar-refractivity contribution in [2.75, 3.05) is 20.1 Å². The molecule has 0 atom stereocenters. The first-order chi connectivity index (χ1) is 9.84. The quantitative estimate of drug-likeness (QED) is 0.742. The van der Waals surface area contributed by atoms with Gasteiger partial charge in [-0.15, -0.1) is 0 Å². The van der Waals surface area contributed by atoms with Crippen LogP contribution in [-0.2, 0) is 16.6 Å². The van der Waals surface area contributed by atoms with E-state index in [1.54, 1.807) is 0 Å². The van der Waals surface area contributed by atoms with Gasteiger partial charge in [-0.3, -0.25) is 0 Å². The van der Waals surface area contributed by atoms with Crippen LogP contribution in [0.15, 0.2) is 17.0 Å². The average molecular weight is 337 g/mol. The van der Waals surface area contributed by atoms with Crippen LogP contribution in [0.3, 0.4) is 0 Å². The van der Waals surface area contributed by atoms with E-state index in [-0.39, 0.29) is 22.0 Å². The summed E-state index contributed by atoms with van der Waals surface area (Å²) < 4.78 is 40.4. The first kappa shape index (κ1) is 18.4. The molecule has 0 aliphatic carbocycles.